The quantitative estimate of drug-likeness (QED) is 0.384. The molecule has 10 atom stereocenters. The summed E-state index contributed by atoms with van der Waals surface area (Å²) in [6, 6.07) is -0.991. The average molecular weight is 498 g/mol. The van der Waals surface area contributed by atoms with Gasteiger partial charge in [0.15, 0.2) is 11.9 Å². The van der Waals surface area contributed by atoms with E-state index in [1.54, 1.807) is 6.92 Å². The number of fused-ring (bicyclic) bond motifs is 2. The highest BCUT2D eigenvalue weighted by Crippen LogP contribution is 2.60. The topological polar surface area (TPSA) is 130 Å². The third kappa shape index (κ3) is 4.82. The first-order valence-electron chi connectivity index (χ1n) is 12.9. The minimum atomic E-state index is -1.09. The second-order valence-corrected chi connectivity index (χ2v) is 11.0. The van der Waals surface area contributed by atoms with E-state index in [2.05, 4.69) is 12.2 Å². The molecule has 5 rings (SSSR count). The number of carboxylic acid groups (broad SMARTS) is 1. The zero-order valence-corrected chi connectivity index (χ0v) is 21.3. The van der Waals surface area contributed by atoms with Gasteiger partial charge in [0.25, 0.3) is 0 Å². The van der Waals surface area contributed by atoms with Crippen LogP contribution in [0.3, 0.4) is 0 Å². The van der Waals surface area contributed by atoms with Crippen LogP contribution in [0.2, 0.25) is 0 Å². The molecule has 1 amide bonds. The maximum absolute atomic E-state index is 12.7. The Morgan fingerprint density at radius 1 is 1.11 bits per heavy atom. The number of aliphatic carboxylic acids is 1. The molecule has 0 unspecified atom stereocenters. The largest absolute Gasteiger partial charge is 0.480 e. The highest BCUT2D eigenvalue weighted by molar-refractivity contribution is 5.85. The molecule has 2 N–H and O–H groups in total. The van der Waals surface area contributed by atoms with Crippen LogP contribution in [0.25, 0.3) is 0 Å². The molecule has 2 bridgehead atoms. The lowest BCUT2D eigenvalue weighted by Gasteiger charge is -2.59. The highest BCUT2D eigenvalue weighted by atomic mass is 17.3. The van der Waals surface area contributed by atoms with Crippen molar-refractivity contribution < 1.29 is 43.5 Å². The lowest BCUT2D eigenvalue weighted by molar-refractivity contribution is -0.576. The van der Waals surface area contributed by atoms with Gasteiger partial charge in [-0.3, -0.25) is 9.59 Å². The molecule has 0 radical (unpaired) electrons. The third-order valence-corrected chi connectivity index (χ3v) is 8.70. The summed E-state index contributed by atoms with van der Waals surface area (Å²) >= 11 is 0. The van der Waals surface area contributed by atoms with Crippen LogP contribution in [0, 0.1) is 29.6 Å². The number of hydrogen-bond acceptors (Lipinski definition) is 8. The second-order valence-electron chi connectivity index (χ2n) is 11.0. The summed E-state index contributed by atoms with van der Waals surface area (Å²) in [5.74, 6) is -2.80. The summed E-state index contributed by atoms with van der Waals surface area (Å²) in [6.45, 7) is 9.67. The van der Waals surface area contributed by atoms with Crippen LogP contribution in [0.15, 0.2) is 0 Å². The minimum absolute atomic E-state index is 0.0260. The average Bonchev–Trinajstić information content (AvgIpc) is 3.04. The Kier molecular flexibility index (Phi) is 7.48. The lowest BCUT2D eigenvalue weighted by Crippen LogP contribution is -2.70. The van der Waals surface area contributed by atoms with Gasteiger partial charge in [0.1, 0.15) is 6.04 Å². The molecule has 198 valence electrons. The molecule has 4 saturated heterocycles. The van der Waals surface area contributed by atoms with Crippen molar-refractivity contribution in [1.29, 1.82) is 0 Å². The number of rotatable bonds is 8. The van der Waals surface area contributed by atoms with E-state index < -0.39 is 47.9 Å². The monoisotopic (exact) mass is 497 g/mol. The van der Waals surface area contributed by atoms with Crippen molar-refractivity contribution in [2.45, 2.75) is 110 Å². The molecular formula is C25H39NO9. The molecule has 5 aliphatic rings. The Morgan fingerprint density at radius 3 is 2.54 bits per heavy atom. The van der Waals surface area contributed by atoms with Crippen molar-refractivity contribution in [3.05, 3.63) is 0 Å². The van der Waals surface area contributed by atoms with Gasteiger partial charge in [0.2, 0.25) is 18.0 Å². The van der Waals surface area contributed by atoms with Gasteiger partial charge >= 0.3 is 11.9 Å². The Balaban J connectivity index is 1.39. The lowest BCUT2D eigenvalue weighted by atomic mass is 9.58. The number of esters is 1. The standard InChI is InChI=1S/C25H39NO9/c1-6-13(2)20(21(29)30)26-18(27)9-10-19(28)31-22-15(4)17-8-7-14(3)16-11-12-24(5)33-23(32-22)25(16,17)35-34-24/h13-17,20,22-23H,6-12H2,1-5H3,(H,26,27)(H,29,30)/t13-,14+,15+,16-,17-,20+,22+,23+,24+,25-/m0/s1. The number of carboxylic acids is 1. The van der Waals surface area contributed by atoms with Gasteiger partial charge in [0, 0.05) is 24.7 Å². The van der Waals surface area contributed by atoms with Crippen molar-refractivity contribution in [2.75, 3.05) is 0 Å². The zero-order chi connectivity index (χ0) is 25.5. The van der Waals surface area contributed by atoms with Crippen LogP contribution in [-0.2, 0) is 38.4 Å². The highest BCUT2D eigenvalue weighted by Gasteiger charge is 2.69. The number of carbonyl (C=O) groups excluding carboxylic acids is 2. The van der Waals surface area contributed by atoms with E-state index in [0.717, 1.165) is 19.3 Å². The van der Waals surface area contributed by atoms with Crippen molar-refractivity contribution in [3.8, 4) is 0 Å². The molecule has 4 heterocycles. The molecule has 0 aromatic carbocycles. The van der Waals surface area contributed by atoms with E-state index in [0.29, 0.717) is 18.8 Å². The zero-order valence-electron chi connectivity index (χ0n) is 21.3. The molecule has 1 saturated carbocycles. The summed E-state index contributed by atoms with van der Waals surface area (Å²) in [5, 5.41) is 11.9. The van der Waals surface area contributed by atoms with Crippen molar-refractivity contribution >= 4 is 17.8 Å². The molecule has 10 nitrogen and oxygen atoms in total. The number of hydrogen-bond donors (Lipinski definition) is 2. The number of carbonyl (C=O) groups is 3. The first-order valence-corrected chi connectivity index (χ1v) is 12.9. The molecule has 4 aliphatic heterocycles. The summed E-state index contributed by atoms with van der Waals surface area (Å²) in [5.41, 5.74) is -0.738. The number of nitrogens with one attached hydrogen (secondary N) is 1. The van der Waals surface area contributed by atoms with Gasteiger partial charge in [-0.05, 0) is 43.9 Å². The minimum Gasteiger partial charge on any atom is -0.480 e. The summed E-state index contributed by atoms with van der Waals surface area (Å²) in [6.07, 6.45) is 2.23. The molecule has 0 aromatic heterocycles. The van der Waals surface area contributed by atoms with E-state index in [-0.39, 0.29) is 36.5 Å². The van der Waals surface area contributed by atoms with Crippen LogP contribution in [0.4, 0.5) is 0 Å². The molecule has 10 heteroatoms. The van der Waals surface area contributed by atoms with E-state index in [1.165, 1.54) is 0 Å². The van der Waals surface area contributed by atoms with Gasteiger partial charge in [-0.25, -0.2) is 14.6 Å². The SMILES string of the molecule is CC[C@H](C)[C@@H](NC(=O)CCC(=O)O[C@@H]1O[C@@H]2O[C@@]3(C)CC[C@H]4[C@H](C)CC[C@@H]([C@H]1C)[C@]24OO3)C(=O)O. The summed E-state index contributed by atoms with van der Waals surface area (Å²) < 4.78 is 18.2. The number of amides is 1. The van der Waals surface area contributed by atoms with E-state index >= 15 is 0 Å². The Hall–Kier alpha value is -1.75. The smallest absolute Gasteiger partial charge is 0.326 e. The maximum atomic E-state index is 12.7. The Morgan fingerprint density at radius 2 is 1.86 bits per heavy atom. The van der Waals surface area contributed by atoms with Gasteiger partial charge in [-0.15, -0.1) is 0 Å². The molecule has 35 heavy (non-hydrogen) atoms. The molecule has 0 aromatic rings. The molecular weight excluding hydrogens is 458 g/mol. The Labute approximate surface area is 206 Å². The van der Waals surface area contributed by atoms with Gasteiger partial charge in [-0.2, -0.15) is 0 Å². The molecule has 5 fully saturated rings. The fourth-order valence-corrected chi connectivity index (χ4v) is 6.34. The van der Waals surface area contributed by atoms with Crippen LogP contribution in [0.5, 0.6) is 0 Å². The molecule has 1 aliphatic carbocycles. The fraction of sp³-hybridized carbons (Fsp3) is 0.880. The van der Waals surface area contributed by atoms with Gasteiger partial charge in [-0.1, -0.05) is 34.1 Å². The van der Waals surface area contributed by atoms with E-state index in [9.17, 15) is 19.5 Å². The predicted molar refractivity (Wildman–Crippen MR) is 121 cm³/mol. The van der Waals surface area contributed by atoms with Crippen LogP contribution >= 0.6 is 0 Å². The normalized spacial score (nSPS) is 41.7. The Bertz CT molecular complexity index is 836. The molecule has 1 spiro atoms. The third-order valence-electron chi connectivity index (χ3n) is 8.70. The van der Waals surface area contributed by atoms with Gasteiger partial charge < -0.3 is 24.6 Å². The van der Waals surface area contributed by atoms with Crippen LogP contribution in [-0.4, -0.2) is 53.0 Å². The maximum Gasteiger partial charge on any atom is 0.326 e. The van der Waals surface area contributed by atoms with Gasteiger partial charge in [0.05, 0.1) is 6.42 Å². The van der Waals surface area contributed by atoms with Crippen molar-refractivity contribution in [3.63, 3.8) is 0 Å². The van der Waals surface area contributed by atoms with Crippen LogP contribution < -0.4 is 5.32 Å². The van der Waals surface area contributed by atoms with E-state index in [4.69, 9.17) is 24.0 Å². The summed E-state index contributed by atoms with van der Waals surface area (Å²) in [7, 11) is 0. The van der Waals surface area contributed by atoms with Crippen molar-refractivity contribution in [1.82, 2.24) is 5.32 Å². The van der Waals surface area contributed by atoms with E-state index in [1.807, 2.05) is 20.8 Å². The first kappa shape index (κ1) is 26.3. The summed E-state index contributed by atoms with van der Waals surface area (Å²) in [4.78, 5) is 48.3. The fourth-order valence-electron chi connectivity index (χ4n) is 6.34. The number of ether oxygens (including phenoxy) is 3. The van der Waals surface area contributed by atoms with Crippen LogP contribution in [0.1, 0.15) is 79.6 Å². The second kappa shape index (κ2) is 9.95. The predicted octanol–water partition coefficient (Wildman–Crippen LogP) is 3.13. The first-order chi connectivity index (χ1) is 16.5. The van der Waals surface area contributed by atoms with Crippen molar-refractivity contribution in [2.24, 2.45) is 29.6 Å².